The van der Waals surface area contributed by atoms with Crippen LogP contribution in [0.3, 0.4) is 0 Å². The minimum Gasteiger partial charge on any atom is -0.465 e. The van der Waals surface area contributed by atoms with Crippen LogP contribution in [0, 0.1) is 0 Å². The van der Waals surface area contributed by atoms with Crippen molar-refractivity contribution in [2.24, 2.45) is 0 Å². The Bertz CT molecular complexity index is 674. The quantitative estimate of drug-likeness (QED) is 0.865. The molecule has 0 saturated heterocycles. The number of nitrogen functional groups attached to an aromatic ring is 1. The van der Waals surface area contributed by atoms with Crippen LogP contribution in [0.2, 0.25) is 0 Å². The molecule has 3 N–H and O–H groups in total. The molecule has 102 valence electrons. The average Bonchev–Trinajstić information content (AvgIpc) is 2.82. The second kappa shape index (κ2) is 4.69. The van der Waals surface area contributed by atoms with Gasteiger partial charge in [0.2, 0.25) is 5.88 Å². The first kappa shape index (κ1) is 12.2. The number of nitrogens with two attached hydrogens (primary N) is 1. The van der Waals surface area contributed by atoms with Gasteiger partial charge in [-0.25, -0.2) is 14.8 Å². The van der Waals surface area contributed by atoms with Crippen molar-refractivity contribution < 1.29 is 14.6 Å². The van der Waals surface area contributed by atoms with Gasteiger partial charge in [0.05, 0.1) is 5.69 Å². The number of anilines is 2. The molecule has 7 heteroatoms. The summed E-state index contributed by atoms with van der Waals surface area (Å²) in [4.78, 5) is 20.1. The van der Waals surface area contributed by atoms with Crippen molar-refractivity contribution in [1.29, 1.82) is 0 Å². The van der Waals surface area contributed by atoms with Crippen LogP contribution in [0.1, 0.15) is 5.56 Å². The van der Waals surface area contributed by atoms with Crippen LogP contribution in [-0.2, 0) is 6.42 Å². The van der Waals surface area contributed by atoms with Gasteiger partial charge in [0.25, 0.3) is 0 Å². The maximum Gasteiger partial charge on any atom is 0.411 e. The Hall–Kier alpha value is -2.83. The highest BCUT2D eigenvalue weighted by atomic mass is 16.5. The fourth-order valence-corrected chi connectivity index (χ4v) is 2.17. The third-order valence-electron chi connectivity index (χ3n) is 3.06. The molecular formula is C13H12N4O3. The maximum absolute atomic E-state index is 11.0. The minimum absolute atomic E-state index is 0.327. The molecule has 3 rings (SSSR count). The Morgan fingerprint density at radius 1 is 1.35 bits per heavy atom. The number of ether oxygens (including phenoxy) is 1. The van der Waals surface area contributed by atoms with Crippen LogP contribution >= 0.6 is 0 Å². The summed E-state index contributed by atoms with van der Waals surface area (Å²) in [5.41, 5.74) is 7.19. The highest BCUT2D eigenvalue weighted by Crippen LogP contribution is 2.32. The SMILES string of the molecule is Nc1cc(Oc2ccc3c(c2)CCN3C(=O)O)ncn1. The number of carboxylic acid groups (broad SMARTS) is 1. The van der Waals surface area contributed by atoms with E-state index in [1.165, 1.54) is 17.3 Å². The van der Waals surface area contributed by atoms with Crippen LogP contribution in [0.15, 0.2) is 30.6 Å². The number of amides is 1. The van der Waals surface area contributed by atoms with Crippen molar-refractivity contribution in [3.05, 3.63) is 36.2 Å². The van der Waals surface area contributed by atoms with Gasteiger partial charge in [0, 0.05) is 12.6 Å². The van der Waals surface area contributed by atoms with Gasteiger partial charge in [-0.1, -0.05) is 0 Å². The second-order valence-corrected chi connectivity index (χ2v) is 4.36. The number of hydrogen-bond donors (Lipinski definition) is 2. The van der Waals surface area contributed by atoms with Crippen molar-refractivity contribution in [2.45, 2.75) is 6.42 Å². The van der Waals surface area contributed by atoms with Gasteiger partial charge in [0.1, 0.15) is 17.9 Å². The Balaban J connectivity index is 1.85. The van der Waals surface area contributed by atoms with E-state index in [0.717, 1.165) is 5.56 Å². The standard InChI is InChI=1S/C13H12N4O3/c14-11-6-12(16-7-15-11)20-9-1-2-10-8(5-9)3-4-17(10)13(18)19/h1-2,5-7H,3-4H2,(H,18,19)(H2,14,15,16). The molecule has 20 heavy (non-hydrogen) atoms. The zero-order chi connectivity index (χ0) is 14.1. The van der Waals surface area contributed by atoms with E-state index < -0.39 is 6.09 Å². The van der Waals surface area contributed by atoms with Crippen molar-refractivity contribution in [3.63, 3.8) is 0 Å². The zero-order valence-corrected chi connectivity index (χ0v) is 10.5. The molecule has 0 saturated carbocycles. The molecule has 0 radical (unpaired) electrons. The van der Waals surface area contributed by atoms with Crippen LogP contribution < -0.4 is 15.4 Å². The summed E-state index contributed by atoms with van der Waals surface area (Å²) in [6.45, 7) is 0.467. The number of hydrogen-bond acceptors (Lipinski definition) is 5. The fraction of sp³-hybridized carbons (Fsp3) is 0.154. The number of fused-ring (bicyclic) bond motifs is 1. The Morgan fingerprint density at radius 2 is 2.20 bits per heavy atom. The highest BCUT2D eigenvalue weighted by molar-refractivity contribution is 5.89. The van der Waals surface area contributed by atoms with Crippen LogP contribution in [0.25, 0.3) is 0 Å². The highest BCUT2D eigenvalue weighted by Gasteiger charge is 2.24. The first-order chi connectivity index (χ1) is 9.63. The van der Waals surface area contributed by atoms with Crippen molar-refractivity contribution in [2.75, 3.05) is 17.2 Å². The summed E-state index contributed by atoms with van der Waals surface area (Å²) in [5, 5.41) is 9.06. The van der Waals surface area contributed by atoms with Gasteiger partial charge in [-0.2, -0.15) is 0 Å². The molecule has 1 aliphatic rings. The molecule has 2 aromatic rings. The Kier molecular flexibility index (Phi) is 2.86. The minimum atomic E-state index is -0.944. The maximum atomic E-state index is 11.0. The fourth-order valence-electron chi connectivity index (χ4n) is 2.17. The Labute approximate surface area is 114 Å². The third-order valence-corrected chi connectivity index (χ3v) is 3.06. The topological polar surface area (TPSA) is 102 Å². The van der Waals surface area contributed by atoms with E-state index in [9.17, 15) is 4.79 Å². The number of aromatic nitrogens is 2. The van der Waals surface area contributed by atoms with E-state index in [0.29, 0.717) is 36.1 Å². The third kappa shape index (κ3) is 2.20. The molecule has 1 aliphatic heterocycles. The van der Waals surface area contributed by atoms with Crippen molar-refractivity contribution in [1.82, 2.24) is 9.97 Å². The lowest BCUT2D eigenvalue weighted by atomic mass is 10.1. The van der Waals surface area contributed by atoms with Gasteiger partial charge in [-0.3, -0.25) is 4.90 Å². The molecule has 1 aromatic heterocycles. The van der Waals surface area contributed by atoms with Crippen molar-refractivity contribution in [3.8, 4) is 11.6 Å². The van der Waals surface area contributed by atoms with E-state index in [4.69, 9.17) is 15.6 Å². The lowest BCUT2D eigenvalue weighted by molar-refractivity contribution is 0.202. The number of rotatable bonds is 2. The van der Waals surface area contributed by atoms with E-state index in [2.05, 4.69) is 9.97 Å². The van der Waals surface area contributed by atoms with Gasteiger partial charge in [-0.15, -0.1) is 0 Å². The molecule has 2 heterocycles. The van der Waals surface area contributed by atoms with Crippen molar-refractivity contribution >= 4 is 17.6 Å². The molecule has 1 aromatic carbocycles. The van der Waals surface area contributed by atoms with Gasteiger partial charge >= 0.3 is 6.09 Å². The molecule has 0 aliphatic carbocycles. The van der Waals surface area contributed by atoms with Gasteiger partial charge < -0.3 is 15.6 Å². The van der Waals surface area contributed by atoms with E-state index in [-0.39, 0.29) is 0 Å². The van der Waals surface area contributed by atoms with E-state index in [1.54, 1.807) is 12.1 Å². The lowest BCUT2D eigenvalue weighted by Gasteiger charge is -2.13. The molecule has 0 spiro atoms. The molecule has 0 bridgehead atoms. The van der Waals surface area contributed by atoms with Crippen LogP contribution in [0.4, 0.5) is 16.3 Å². The van der Waals surface area contributed by atoms with Crippen LogP contribution in [-0.4, -0.2) is 27.7 Å². The second-order valence-electron chi connectivity index (χ2n) is 4.36. The Morgan fingerprint density at radius 3 is 2.95 bits per heavy atom. The van der Waals surface area contributed by atoms with Gasteiger partial charge in [0.15, 0.2) is 0 Å². The summed E-state index contributed by atoms with van der Waals surface area (Å²) >= 11 is 0. The average molecular weight is 272 g/mol. The predicted molar refractivity (Wildman–Crippen MR) is 72.0 cm³/mol. The summed E-state index contributed by atoms with van der Waals surface area (Å²) in [7, 11) is 0. The number of benzene rings is 1. The van der Waals surface area contributed by atoms with E-state index >= 15 is 0 Å². The largest absolute Gasteiger partial charge is 0.465 e. The summed E-state index contributed by atoms with van der Waals surface area (Å²) in [6, 6.07) is 6.78. The predicted octanol–water partition coefficient (Wildman–Crippen LogP) is 1.89. The summed E-state index contributed by atoms with van der Waals surface area (Å²) < 4.78 is 5.58. The molecule has 1 amide bonds. The van der Waals surface area contributed by atoms with Crippen LogP contribution in [0.5, 0.6) is 11.6 Å². The van der Waals surface area contributed by atoms with Gasteiger partial charge in [-0.05, 0) is 30.2 Å². The molecule has 0 atom stereocenters. The first-order valence-corrected chi connectivity index (χ1v) is 6.02. The molecule has 0 unspecified atom stereocenters. The molecule has 0 fully saturated rings. The lowest BCUT2D eigenvalue weighted by Crippen LogP contribution is -2.26. The first-order valence-electron chi connectivity index (χ1n) is 6.02. The number of carbonyl (C=O) groups is 1. The molecule has 7 nitrogen and oxygen atoms in total. The zero-order valence-electron chi connectivity index (χ0n) is 10.5. The molecular weight excluding hydrogens is 260 g/mol. The summed E-state index contributed by atoms with van der Waals surface area (Å²) in [5.74, 6) is 1.27. The smallest absolute Gasteiger partial charge is 0.411 e. The normalized spacial score (nSPS) is 13.1. The summed E-state index contributed by atoms with van der Waals surface area (Å²) in [6.07, 6.45) is 1.05. The number of nitrogens with zero attached hydrogens (tertiary/aromatic N) is 3. The monoisotopic (exact) mass is 272 g/mol. The van der Waals surface area contributed by atoms with E-state index in [1.807, 2.05) is 6.07 Å².